The van der Waals surface area contributed by atoms with Crippen LogP contribution in [0.25, 0.3) is 0 Å². The van der Waals surface area contributed by atoms with Crippen LogP contribution in [0.1, 0.15) is 5.56 Å². The van der Waals surface area contributed by atoms with E-state index in [1.165, 1.54) is 12.1 Å². The van der Waals surface area contributed by atoms with E-state index in [-0.39, 0.29) is 17.0 Å². The van der Waals surface area contributed by atoms with Crippen molar-refractivity contribution in [3.05, 3.63) is 29.8 Å². The van der Waals surface area contributed by atoms with E-state index in [0.29, 0.717) is 38.4 Å². The molecule has 0 atom stereocenters. The Hall–Kier alpha value is -1.26. The molecule has 1 aromatic carbocycles. The van der Waals surface area contributed by atoms with Gasteiger partial charge in [0.05, 0.1) is 13.2 Å². The van der Waals surface area contributed by atoms with E-state index < -0.39 is 39.1 Å². The number of ether oxygens (including phenoxy) is 1. The van der Waals surface area contributed by atoms with E-state index in [2.05, 4.69) is 4.18 Å². The first kappa shape index (κ1) is 27.8. The fourth-order valence-corrected chi connectivity index (χ4v) is 3.28. The van der Waals surface area contributed by atoms with Gasteiger partial charge in [0, 0.05) is 19.6 Å². The zero-order valence-corrected chi connectivity index (χ0v) is 17.7. The van der Waals surface area contributed by atoms with Crippen molar-refractivity contribution >= 4 is 27.1 Å². The number of alkyl halides is 9. The summed E-state index contributed by atoms with van der Waals surface area (Å²) in [5.41, 5.74) is 0.530. The van der Waals surface area contributed by atoms with Crippen LogP contribution in [0.3, 0.4) is 0 Å². The summed E-state index contributed by atoms with van der Waals surface area (Å²) in [5.74, 6) is -15.7. The third-order valence-corrected chi connectivity index (χ3v) is 5.37. The average molecular weight is 556 g/mol. The fourth-order valence-electron chi connectivity index (χ4n) is 2.36. The molecule has 1 aromatic rings. The Morgan fingerprint density at radius 3 is 1.81 bits per heavy atom. The summed E-state index contributed by atoms with van der Waals surface area (Å²) in [6.45, 7) is 2.40. The van der Waals surface area contributed by atoms with Gasteiger partial charge in [-0.2, -0.15) is 47.9 Å². The molecule has 0 amide bonds. The van der Waals surface area contributed by atoms with E-state index in [4.69, 9.17) is 4.74 Å². The van der Waals surface area contributed by atoms with Gasteiger partial charge in [0.2, 0.25) is 0 Å². The lowest BCUT2D eigenvalue weighted by molar-refractivity contribution is -0.382. The van der Waals surface area contributed by atoms with Crippen LogP contribution in [-0.2, 0) is 21.4 Å². The number of halogens is 10. The monoisotopic (exact) mass is 555 g/mol. The second-order valence-electron chi connectivity index (χ2n) is 6.23. The number of hydrogen-bond acceptors (Lipinski definition) is 5. The number of hydrogen-bond donors (Lipinski definition) is 0. The molecule has 0 bridgehead atoms. The average Bonchev–Trinajstić information content (AvgIpc) is 2.62. The SMILES string of the molecule is Br.O=S(=O)(Oc1ccc(CN2CCOCC2)cc1)C(F)(F)C(F)(F)C(F)(F)C(F)(F)F. The molecular formula is C15H15BrF9NO4S. The van der Waals surface area contributed by atoms with Crippen molar-refractivity contribution in [3.8, 4) is 5.75 Å². The van der Waals surface area contributed by atoms with Gasteiger partial charge in [0.1, 0.15) is 5.75 Å². The molecule has 0 radical (unpaired) electrons. The van der Waals surface area contributed by atoms with Gasteiger partial charge in [-0.15, -0.1) is 17.0 Å². The van der Waals surface area contributed by atoms with Crippen molar-refractivity contribution in [2.45, 2.75) is 29.8 Å². The molecule has 1 aliphatic heterocycles. The summed E-state index contributed by atoms with van der Waals surface area (Å²) in [6, 6.07) is 3.90. The quantitative estimate of drug-likeness (QED) is 0.372. The molecule has 1 aliphatic rings. The fraction of sp³-hybridized carbons (Fsp3) is 0.600. The Bertz CT molecular complexity index is 841. The minimum absolute atomic E-state index is 0. The van der Waals surface area contributed by atoms with Crippen LogP contribution in [0.15, 0.2) is 24.3 Å². The molecule has 1 fully saturated rings. The second kappa shape index (κ2) is 9.31. The Balaban J connectivity index is 0.00000480. The molecule has 180 valence electrons. The highest BCUT2D eigenvalue weighted by atomic mass is 79.9. The van der Waals surface area contributed by atoms with Gasteiger partial charge in [-0.25, -0.2) is 0 Å². The summed E-state index contributed by atoms with van der Waals surface area (Å²) in [4.78, 5) is 1.92. The minimum atomic E-state index is -7.35. The predicted octanol–water partition coefficient (Wildman–Crippen LogP) is 4.23. The molecule has 0 N–H and O–H groups in total. The van der Waals surface area contributed by atoms with Gasteiger partial charge in [0.15, 0.2) is 0 Å². The van der Waals surface area contributed by atoms with Crippen molar-refractivity contribution in [3.63, 3.8) is 0 Å². The van der Waals surface area contributed by atoms with Crippen molar-refractivity contribution in [2.75, 3.05) is 26.3 Å². The van der Waals surface area contributed by atoms with Crippen LogP contribution in [-0.4, -0.2) is 62.9 Å². The molecule has 1 heterocycles. The molecule has 0 aliphatic carbocycles. The van der Waals surface area contributed by atoms with Gasteiger partial charge < -0.3 is 8.92 Å². The first-order chi connectivity index (χ1) is 13.5. The Kier molecular flexibility index (Phi) is 8.34. The standard InChI is InChI=1S/C15H14F9NO4S.BrH/c16-12(17,14(20,21)22)13(18,19)15(23,24)30(26,27)29-11-3-1-10(2-4-11)9-25-5-7-28-8-6-25;/h1-4H,5-9H2;1H. The lowest BCUT2D eigenvalue weighted by Crippen LogP contribution is -2.63. The van der Waals surface area contributed by atoms with Gasteiger partial charge >= 0.3 is 33.4 Å². The van der Waals surface area contributed by atoms with Crippen LogP contribution in [0.4, 0.5) is 39.5 Å². The van der Waals surface area contributed by atoms with E-state index in [0.717, 1.165) is 12.1 Å². The summed E-state index contributed by atoms with van der Waals surface area (Å²) in [7, 11) is -6.94. The lowest BCUT2D eigenvalue weighted by atomic mass is 10.1. The highest BCUT2D eigenvalue weighted by molar-refractivity contribution is 8.93. The van der Waals surface area contributed by atoms with E-state index >= 15 is 0 Å². The van der Waals surface area contributed by atoms with Gasteiger partial charge in [-0.1, -0.05) is 12.1 Å². The minimum Gasteiger partial charge on any atom is -0.379 e. The first-order valence-electron chi connectivity index (χ1n) is 8.06. The lowest BCUT2D eigenvalue weighted by Gasteiger charge is -2.32. The van der Waals surface area contributed by atoms with Crippen LogP contribution < -0.4 is 4.18 Å². The molecule has 31 heavy (non-hydrogen) atoms. The van der Waals surface area contributed by atoms with Crippen molar-refractivity contribution < 1.29 is 56.9 Å². The maximum absolute atomic E-state index is 13.6. The van der Waals surface area contributed by atoms with Gasteiger partial charge in [-0.05, 0) is 17.7 Å². The molecule has 0 spiro atoms. The van der Waals surface area contributed by atoms with E-state index in [1.807, 2.05) is 4.90 Å². The summed E-state index contributed by atoms with van der Waals surface area (Å²) >= 11 is 0. The van der Waals surface area contributed by atoms with Crippen LogP contribution >= 0.6 is 17.0 Å². The highest BCUT2D eigenvalue weighted by Crippen LogP contribution is 2.54. The molecule has 5 nitrogen and oxygen atoms in total. The largest absolute Gasteiger partial charge is 0.460 e. The third kappa shape index (κ3) is 5.39. The number of morpholine rings is 1. The summed E-state index contributed by atoms with van der Waals surface area (Å²) < 4.78 is 148. The second-order valence-corrected chi connectivity index (χ2v) is 7.82. The molecule has 0 aromatic heterocycles. The van der Waals surface area contributed by atoms with Gasteiger partial charge in [0.25, 0.3) is 0 Å². The van der Waals surface area contributed by atoms with Crippen LogP contribution in [0, 0.1) is 0 Å². The number of benzene rings is 1. The van der Waals surface area contributed by atoms with Gasteiger partial charge in [-0.3, -0.25) is 4.90 Å². The maximum atomic E-state index is 13.6. The molecule has 0 saturated carbocycles. The zero-order chi connectivity index (χ0) is 23.0. The Morgan fingerprint density at radius 2 is 1.35 bits per heavy atom. The van der Waals surface area contributed by atoms with Crippen molar-refractivity contribution in [1.29, 1.82) is 0 Å². The van der Waals surface area contributed by atoms with E-state index in [9.17, 15) is 47.9 Å². The predicted molar refractivity (Wildman–Crippen MR) is 93.3 cm³/mol. The van der Waals surface area contributed by atoms with Crippen molar-refractivity contribution in [2.24, 2.45) is 0 Å². The number of nitrogens with zero attached hydrogens (tertiary/aromatic N) is 1. The van der Waals surface area contributed by atoms with Crippen LogP contribution in [0.2, 0.25) is 0 Å². The molecular weight excluding hydrogens is 541 g/mol. The smallest absolute Gasteiger partial charge is 0.379 e. The first-order valence-corrected chi connectivity index (χ1v) is 9.47. The van der Waals surface area contributed by atoms with Crippen LogP contribution in [0.5, 0.6) is 5.75 Å². The molecule has 16 heteroatoms. The Morgan fingerprint density at radius 1 is 0.871 bits per heavy atom. The maximum Gasteiger partial charge on any atom is 0.460 e. The van der Waals surface area contributed by atoms with E-state index in [1.54, 1.807) is 0 Å². The van der Waals surface area contributed by atoms with Crippen molar-refractivity contribution in [1.82, 2.24) is 4.90 Å². The molecule has 0 unspecified atom stereocenters. The Labute approximate surface area is 181 Å². The highest BCUT2D eigenvalue weighted by Gasteiger charge is 2.86. The third-order valence-electron chi connectivity index (χ3n) is 4.07. The zero-order valence-electron chi connectivity index (χ0n) is 15.1. The summed E-state index contributed by atoms with van der Waals surface area (Å²) in [6.07, 6.45) is -7.14. The normalized spacial score (nSPS) is 17.2. The topological polar surface area (TPSA) is 55.8 Å². The summed E-state index contributed by atoms with van der Waals surface area (Å²) in [5, 5.41) is -6.90. The number of rotatable bonds is 7. The molecule has 2 rings (SSSR count). The molecule has 1 saturated heterocycles.